The van der Waals surface area contributed by atoms with Crippen molar-refractivity contribution < 1.29 is 0 Å². The Labute approximate surface area is 122 Å². The molecule has 0 amide bonds. The Morgan fingerprint density at radius 2 is 2.15 bits per heavy atom. The molecular formula is C15H18N4S. The minimum Gasteiger partial charge on any atom is -0.336 e. The average molecular weight is 286 g/mol. The van der Waals surface area contributed by atoms with Crippen LogP contribution >= 0.6 is 11.3 Å². The van der Waals surface area contributed by atoms with Gasteiger partial charge in [-0.25, -0.2) is 4.98 Å². The summed E-state index contributed by atoms with van der Waals surface area (Å²) in [5.74, 6) is 0. The molecule has 20 heavy (non-hydrogen) atoms. The molecule has 0 N–H and O–H groups in total. The van der Waals surface area contributed by atoms with Crippen molar-refractivity contribution in [3.63, 3.8) is 0 Å². The topological polar surface area (TPSA) is 34.0 Å². The van der Waals surface area contributed by atoms with E-state index >= 15 is 0 Å². The lowest BCUT2D eigenvalue weighted by Crippen LogP contribution is -2.17. The molecular weight excluding hydrogens is 268 g/mol. The molecule has 0 spiro atoms. The quantitative estimate of drug-likeness (QED) is 0.739. The lowest BCUT2D eigenvalue weighted by molar-refractivity contribution is 0.384. The second kappa shape index (κ2) is 5.34. The minimum absolute atomic E-state index is 0.960. The lowest BCUT2D eigenvalue weighted by atomic mass is 10.2. The van der Waals surface area contributed by atoms with E-state index in [1.807, 2.05) is 12.5 Å². The molecule has 0 aliphatic heterocycles. The number of nitrogens with zero attached hydrogens (tertiary/aromatic N) is 4. The molecule has 104 valence electrons. The number of thiophene rings is 1. The van der Waals surface area contributed by atoms with Crippen LogP contribution in [0.2, 0.25) is 0 Å². The molecule has 0 radical (unpaired) electrons. The number of fused-ring (bicyclic) bond motifs is 1. The highest BCUT2D eigenvalue weighted by Crippen LogP contribution is 2.33. The van der Waals surface area contributed by atoms with Gasteiger partial charge in [-0.05, 0) is 38.7 Å². The minimum atomic E-state index is 0.960. The van der Waals surface area contributed by atoms with Crippen molar-refractivity contribution in [2.24, 2.45) is 0 Å². The normalized spacial score (nSPS) is 11.6. The van der Waals surface area contributed by atoms with Crippen LogP contribution in [-0.4, -0.2) is 40.1 Å². The van der Waals surface area contributed by atoms with E-state index in [0.29, 0.717) is 0 Å². The SMILES string of the molecule is Cc1ccnc2cc(-c3cn(CCN(C)C)cn3)sc12. The summed E-state index contributed by atoms with van der Waals surface area (Å²) in [5.41, 5.74) is 3.37. The van der Waals surface area contributed by atoms with Gasteiger partial charge in [-0.2, -0.15) is 0 Å². The predicted molar refractivity (Wildman–Crippen MR) is 84.1 cm³/mol. The van der Waals surface area contributed by atoms with E-state index < -0.39 is 0 Å². The summed E-state index contributed by atoms with van der Waals surface area (Å²) in [7, 11) is 4.16. The standard InChI is InChI=1S/C15H18N4S/c1-11-4-5-16-12-8-14(20-15(11)12)13-9-19(10-17-13)7-6-18(2)3/h4-5,8-10H,6-7H2,1-3H3. The maximum atomic E-state index is 4.52. The van der Waals surface area contributed by atoms with Gasteiger partial charge in [-0.3, -0.25) is 4.98 Å². The summed E-state index contributed by atoms with van der Waals surface area (Å²) in [4.78, 5) is 12.3. The summed E-state index contributed by atoms with van der Waals surface area (Å²) in [5, 5.41) is 0. The summed E-state index contributed by atoms with van der Waals surface area (Å²) >= 11 is 1.77. The molecule has 0 aliphatic carbocycles. The van der Waals surface area contributed by atoms with Gasteiger partial charge in [-0.15, -0.1) is 11.3 Å². The van der Waals surface area contributed by atoms with Crippen molar-refractivity contribution >= 4 is 21.6 Å². The Kier molecular flexibility index (Phi) is 3.54. The molecule has 0 aliphatic rings. The van der Waals surface area contributed by atoms with Crippen LogP contribution in [0.25, 0.3) is 20.8 Å². The molecule has 3 aromatic rings. The van der Waals surface area contributed by atoms with Crippen molar-refractivity contribution in [2.75, 3.05) is 20.6 Å². The fourth-order valence-electron chi connectivity index (χ4n) is 2.12. The number of imidazole rings is 1. The monoisotopic (exact) mass is 286 g/mol. The fraction of sp³-hybridized carbons (Fsp3) is 0.333. The van der Waals surface area contributed by atoms with Gasteiger partial charge >= 0.3 is 0 Å². The lowest BCUT2D eigenvalue weighted by Gasteiger charge is -2.08. The van der Waals surface area contributed by atoms with E-state index in [1.165, 1.54) is 15.1 Å². The van der Waals surface area contributed by atoms with Gasteiger partial charge in [-0.1, -0.05) is 0 Å². The Hall–Kier alpha value is -1.72. The number of pyridine rings is 1. The van der Waals surface area contributed by atoms with Crippen LogP contribution in [0, 0.1) is 6.92 Å². The number of rotatable bonds is 4. The molecule has 0 unspecified atom stereocenters. The second-order valence-corrected chi connectivity index (χ2v) is 6.31. The summed E-state index contributed by atoms with van der Waals surface area (Å²) in [6.45, 7) is 4.10. The first-order valence-corrected chi connectivity index (χ1v) is 7.47. The fourth-order valence-corrected chi connectivity index (χ4v) is 3.16. The van der Waals surface area contributed by atoms with E-state index in [4.69, 9.17) is 0 Å². The molecule has 0 saturated carbocycles. The van der Waals surface area contributed by atoms with Gasteiger partial charge in [0.2, 0.25) is 0 Å². The molecule has 0 atom stereocenters. The Bertz CT molecular complexity index is 726. The Balaban J connectivity index is 1.89. The van der Waals surface area contributed by atoms with E-state index in [-0.39, 0.29) is 0 Å². The molecule has 0 saturated heterocycles. The van der Waals surface area contributed by atoms with Crippen LogP contribution in [0.15, 0.2) is 30.9 Å². The third-order valence-electron chi connectivity index (χ3n) is 3.30. The van der Waals surface area contributed by atoms with E-state index in [2.05, 4.69) is 58.8 Å². The van der Waals surface area contributed by atoms with Crippen LogP contribution < -0.4 is 0 Å². The molecule has 0 fully saturated rings. The van der Waals surface area contributed by atoms with Crippen molar-refractivity contribution in [3.8, 4) is 10.6 Å². The van der Waals surface area contributed by atoms with Crippen molar-refractivity contribution in [1.82, 2.24) is 19.4 Å². The number of aryl methyl sites for hydroxylation is 1. The first-order valence-electron chi connectivity index (χ1n) is 6.65. The smallest absolute Gasteiger partial charge is 0.0982 e. The molecule has 0 bridgehead atoms. The van der Waals surface area contributed by atoms with E-state index in [0.717, 1.165) is 24.3 Å². The highest BCUT2D eigenvalue weighted by Gasteiger charge is 2.09. The van der Waals surface area contributed by atoms with Crippen LogP contribution in [-0.2, 0) is 6.54 Å². The van der Waals surface area contributed by atoms with Crippen LogP contribution in [0.4, 0.5) is 0 Å². The largest absolute Gasteiger partial charge is 0.336 e. The molecule has 4 nitrogen and oxygen atoms in total. The van der Waals surface area contributed by atoms with Crippen molar-refractivity contribution in [3.05, 3.63) is 36.4 Å². The molecule has 0 aromatic carbocycles. The summed E-state index contributed by atoms with van der Waals surface area (Å²) < 4.78 is 3.39. The number of hydrogen-bond donors (Lipinski definition) is 0. The highest BCUT2D eigenvalue weighted by atomic mass is 32.1. The number of hydrogen-bond acceptors (Lipinski definition) is 4. The van der Waals surface area contributed by atoms with Gasteiger partial charge in [0.05, 0.1) is 27.1 Å². The third kappa shape index (κ3) is 2.59. The van der Waals surface area contributed by atoms with Crippen LogP contribution in [0.3, 0.4) is 0 Å². The zero-order chi connectivity index (χ0) is 14.1. The molecule has 3 rings (SSSR count). The summed E-state index contributed by atoms with van der Waals surface area (Å²) in [6, 6.07) is 4.18. The van der Waals surface area contributed by atoms with Gasteiger partial charge < -0.3 is 9.47 Å². The van der Waals surface area contributed by atoms with Crippen molar-refractivity contribution in [1.29, 1.82) is 0 Å². The Morgan fingerprint density at radius 3 is 2.90 bits per heavy atom. The second-order valence-electron chi connectivity index (χ2n) is 5.25. The number of aromatic nitrogens is 3. The zero-order valence-electron chi connectivity index (χ0n) is 12.0. The Morgan fingerprint density at radius 1 is 1.30 bits per heavy atom. The predicted octanol–water partition coefficient (Wildman–Crippen LogP) is 3.03. The van der Waals surface area contributed by atoms with Gasteiger partial charge in [0, 0.05) is 25.5 Å². The molecule has 3 aromatic heterocycles. The van der Waals surface area contributed by atoms with Crippen LogP contribution in [0.1, 0.15) is 5.56 Å². The van der Waals surface area contributed by atoms with Gasteiger partial charge in [0.25, 0.3) is 0 Å². The highest BCUT2D eigenvalue weighted by molar-refractivity contribution is 7.22. The first-order chi connectivity index (χ1) is 9.63. The van der Waals surface area contributed by atoms with E-state index in [9.17, 15) is 0 Å². The van der Waals surface area contributed by atoms with E-state index in [1.54, 1.807) is 11.3 Å². The van der Waals surface area contributed by atoms with Crippen LogP contribution in [0.5, 0.6) is 0 Å². The zero-order valence-corrected chi connectivity index (χ0v) is 12.8. The van der Waals surface area contributed by atoms with Crippen molar-refractivity contribution in [2.45, 2.75) is 13.5 Å². The maximum Gasteiger partial charge on any atom is 0.0982 e. The molecule has 3 heterocycles. The van der Waals surface area contributed by atoms with Gasteiger partial charge in [0.1, 0.15) is 0 Å². The summed E-state index contributed by atoms with van der Waals surface area (Å²) in [6.07, 6.45) is 5.89. The maximum absolute atomic E-state index is 4.52. The number of likely N-dealkylation sites (N-methyl/N-ethyl adjacent to an activating group) is 1. The average Bonchev–Trinajstić information content (AvgIpc) is 3.03. The third-order valence-corrected chi connectivity index (χ3v) is 4.58. The molecule has 5 heteroatoms. The first kappa shape index (κ1) is 13.3. The van der Waals surface area contributed by atoms with Gasteiger partial charge in [0.15, 0.2) is 0 Å².